The number of allylic oxidation sites excluding steroid dienone is 1. The molecular weight excluding hydrogens is 374 g/mol. The van der Waals surface area contributed by atoms with E-state index in [0.717, 1.165) is 10.9 Å². The lowest BCUT2D eigenvalue weighted by atomic mass is 9.75. The van der Waals surface area contributed by atoms with Crippen LogP contribution in [0.2, 0.25) is 0 Å². The van der Waals surface area contributed by atoms with Crippen molar-refractivity contribution >= 4 is 21.8 Å². The molecule has 1 heterocycles. The fraction of sp³-hybridized carbons (Fsp3) is 0.318. The molecule has 1 fully saturated rings. The first kappa shape index (κ1) is 16.6. The van der Waals surface area contributed by atoms with Crippen molar-refractivity contribution < 1.29 is 4.79 Å². The van der Waals surface area contributed by atoms with Gasteiger partial charge < -0.3 is 4.90 Å². The highest BCUT2D eigenvalue weighted by Gasteiger charge is 2.50. The Morgan fingerprint density at radius 3 is 2.56 bits per heavy atom. The Morgan fingerprint density at radius 2 is 1.80 bits per heavy atom. The largest absolute Gasteiger partial charge is 0.330 e. The molecule has 0 aromatic heterocycles. The number of carbonyl (C=O) groups is 1. The molecule has 3 heteroatoms. The normalized spacial score (nSPS) is 28.2. The number of benzene rings is 2. The van der Waals surface area contributed by atoms with E-state index in [1.807, 2.05) is 24.3 Å². The van der Waals surface area contributed by atoms with E-state index in [1.165, 1.54) is 11.1 Å². The van der Waals surface area contributed by atoms with Crippen molar-refractivity contribution in [2.45, 2.75) is 25.9 Å². The van der Waals surface area contributed by atoms with E-state index in [2.05, 4.69) is 70.2 Å². The van der Waals surface area contributed by atoms with Gasteiger partial charge in [-0.15, -0.1) is 0 Å². The van der Waals surface area contributed by atoms with Gasteiger partial charge in [0.15, 0.2) is 0 Å². The van der Waals surface area contributed by atoms with Gasteiger partial charge in [-0.25, -0.2) is 0 Å². The third-order valence-corrected chi connectivity index (χ3v) is 6.30. The summed E-state index contributed by atoms with van der Waals surface area (Å²) in [6.07, 6.45) is 5.53. The maximum absolute atomic E-state index is 13.3. The summed E-state index contributed by atoms with van der Waals surface area (Å²) in [6.45, 7) is 2.88. The van der Waals surface area contributed by atoms with E-state index >= 15 is 0 Å². The summed E-state index contributed by atoms with van der Waals surface area (Å²) in [5.74, 6) is 1.03. The van der Waals surface area contributed by atoms with Crippen molar-refractivity contribution in [3.8, 4) is 0 Å². The lowest BCUT2D eigenvalue weighted by molar-refractivity contribution is -0.134. The number of nitrogens with zero attached hydrogens (tertiary/aromatic N) is 1. The van der Waals surface area contributed by atoms with Crippen LogP contribution < -0.4 is 0 Å². The predicted octanol–water partition coefficient (Wildman–Crippen LogP) is 5.36. The number of halogens is 1. The zero-order chi connectivity index (χ0) is 17.4. The van der Waals surface area contributed by atoms with E-state index in [0.29, 0.717) is 18.4 Å². The van der Waals surface area contributed by atoms with Crippen LogP contribution in [0.1, 0.15) is 30.5 Å². The van der Waals surface area contributed by atoms with Gasteiger partial charge in [-0.3, -0.25) is 4.79 Å². The molecule has 1 aliphatic heterocycles. The summed E-state index contributed by atoms with van der Waals surface area (Å²) in [4.78, 5) is 15.4. The van der Waals surface area contributed by atoms with Gasteiger partial charge in [-0.05, 0) is 29.5 Å². The zero-order valence-corrected chi connectivity index (χ0v) is 15.9. The Labute approximate surface area is 157 Å². The van der Waals surface area contributed by atoms with Crippen LogP contribution in [0.15, 0.2) is 71.2 Å². The lowest BCUT2D eigenvalue weighted by Gasteiger charge is -2.30. The Kier molecular flexibility index (Phi) is 4.51. The molecule has 4 rings (SSSR count). The number of hydrogen-bond donors (Lipinski definition) is 0. The van der Waals surface area contributed by atoms with Gasteiger partial charge in [-0.1, -0.05) is 83.5 Å². The number of fused-ring (bicyclic) bond motifs is 1. The maximum atomic E-state index is 13.3. The van der Waals surface area contributed by atoms with E-state index in [1.54, 1.807) is 0 Å². The van der Waals surface area contributed by atoms with Crippen molar-refractivity contribution in [3.05, 3.63) is 82.3 Å². The molecule has 2 aromatic rings. The van der Waals surface area contributed by atoms with Crippen molar-refractivity contribution in [2.75, 3.05) is 0 Å². The van der Waals surface area contributed by atoms with Crippen molar-refractivity contribution in [1.29, 1.82) is 0 Å². The Bertz CT molecular complexity index is 801. The third kappa shape index (κ3) is 2.95. The summed E-state index contributed by atoms with van der Waals surface area (Å²) in [7, 11) is 0. The summed E-state index contributed by atoms with van der Waals surface area (Å²) >= 11 is 3.71. The molecule has 0 bridgehead atoms. The molecule has 0 unspecified atom stereocenters. The lowest BCUT2D eigenvalue weighted by Crippen LogP contribution is -2.30. The van der Waals surface area contributed by atoms with Crippen LogP contribution in [-0.2, 0) is 11.3 Å². The van der Waals surface area contributed by atoms with Gasteiger partial charge in [0.25, 0.3) is 0 Å². The van der Waals surface area contributed by atoms with Gasteiger partial charge in [-0.2, -0.15) is 0 Å². The molecule has 0 saturated carbocycles. The average Bonchev–Trinajstić information content (AvgIpc) is 2.90. The molecule has 0 radical (unpaired) electrons. The quantitative estimate of drug-likeness (QED) is 0.640. The molecule has 25 heavy (non-hydrogen) atoms. The van der Waals surface area contributed by atoms with Crippen LogP contribution in [-0.4, -0.2) is 10.8 Å². The molecule has 1 amide bonds. The van der Waals surface area contributed by atoms with Crippen LogP contribution in [0.5, 0.6) is 0 Å². The number of hydrogen-bond acceptors (Lipinski definition) is 1. The second-order valence-electron chi connectivity index (χ2n) is 7.16. The minimum Gasteiger partial charge on any atom is -0.330 e. The minimum atomic E-state index is 0.0887. The van der Waals surface area contributed by atoms with Crippen LogP contribution in [0, 0.1) is 17.8 Å². The number of likely N-dealkylation sites (tertiary alicyclic amines) is 1. The smallest absolute Gasteiger partial charge is 0.227 e. The van der Waals surface area contributed by atoms with E-state index < -0.39 is 0 Å². The second kappa shape index (κ2) is 6.80. The molecule has 1 aliphatic carbocycles. The second-order valence-corrected chi connectivity index (χ2v) is 8.02. The van der Waals surface area contributed by atoms with Crippen molar-refractivity contribution in [1.82, 2.24) is 4.90 Å². The Balaban J connectivity index is 1.78. The van der Waals surface area contributed by atoms with Crippen molar-refractivity contribution in [3.63, 3.8) is 0 Å². The monoisotopic (exact) mass is 395 g/mol. The SMILES string of the molecule is C[C@@H]1CC=C[C@@H]2[C@H]1C(=O)N(Cc1ccccc1)[C@H]2c1ccccc1Br. The highest BCUT2D eigenvalue weighted by Crippen LogP contribution is 2.50. The molecule has 2 aliphatic rings. The number of rotatable bonds is 3. The summed E-state index contributed by atoms with van der Waals surface area (Å²) in [5.41, 5.74) is 2.39. The highest BCUT2D eigenvalue weighted by molar-refractivity contribution is 9.10. The molecule has 0 spiro atoms. The van der Waals surface area contributed by atoms with Gasteiger partial charge in [0.1, 0.15) is 0 Å². The first-order chi connectivity index (χ1) is 12.2. The van der Waals surface area contributed by atoms with Crippen LogP contribution in [0.3, 0.4) is 0 Å². The van der Waals surface area contributed by atoms with Crippen LogP contribution in [0.25, 0.3) is 0 Å². The predicted molar refractivity (Wildman–Crippen MR) is 104 cm³/mol. The van der Waals surface area contributed by atoms with Gasteiger partial charge >= 0.3 is 0 Å². The molecule has 2 aromatic carbocycles. The fourth-order valence-corrected chi connectivity index (χ4v) is 4.91. The van der Waals surface area contributed by atoms with Gasteiger partial charge in [0.2, 0.25) is 5.91 Å². The topological polar surface area (TPSA) is 20.3 Å². The van der Waals surface area contributed by atoms with E-state index in [4.69, 9.17) is 0 Å². The fourth-order valence-electron chi connectivity index (χ4n) is 4.39. The average molecular weight is 396 g/mol. The van der Waals surface area contributed by atoms with Crippen molar-refractivity contribution in [2.24, 2.45) is 17.8 Å². The summed E-state index contributed by atoms with van der Waals surface area (Å²) in [6, 6.07) is 18.7. The summed E-state index contributed by atoms with van der Waals surface area (Å²) < 4.78 is 1.08. The Morgan fingerprint density at radius 1 is 1.08 bits per heavy atom. The van der Waals surface area contributed by atoms with Crippen LogP contribution >= 0.6 is 15.9 Å². The van der Waals surface area contributed by atoms with Gasteiger partial charge in [0, 0.05) is 22.9 Å². The number of carbonyl (C=O) groups excluding carboxylic acids is 1. The molecule has 1 saturated heterocycles. The molecule has 2 nitrogen and oxygen atoms in total. The molecule has 128 valence electrons. The van der Waals surface area contributed by atoms with E-state index in [-0.39, 0.29) is 17.9 Å². The van der Waals surface area contributed by atoms with Gasteiger partial charge in [0.05, 0.1) is 6.04 Å². The molecule has 4 atom stereocenters. The van der Waals surface area contributed by atoms with Crippen LogP contribution in [0.4, 0.5) is 0 Å². The first-order valence-corrected chi connectivity index (χ1v) is 9.71. The molecular formula is C22H22BrNO. The maximum Gasteiger partial charge on any atom is 0.227 e. The molecule has 0 N–H and O–H groups in total. The standard InChI is InChI=1S/C22H22BrNO/c1-15-8-7-12-18-20(15)22(25)24(14-16-9-3-2-4-10-16)21(18)17-11-5-6-13-19(17)23/h2-7,9-13,15,18,20-21H,8,14H2,1H3/t15-,18-,20+,21+/m1/s1. The minimum absolute atomic E-state index is 0.0887. The summed E-state index contributed by atoms with van der Waals surface area (Å²) in [5, 5.41) is 0. The third-order valence-electron chi connectivity index (χ3n) is 5.58. The Hall–Kier alpha value is -1.87. The highest BCUT2D eigenvalue weighted by atomic mass is 79.9. The number of amides is 1. The zero-order valence-electron chi connectivity index (χ0n) is 14.3. The van der Waals surface area contributed by atoms with E-state index in [9.17, 15) is 4.79 Å². The first-order valence-electron chi connectivity index (χ1n) is 8.92.